The minimum Gasteiger partial charge on any atom is -0.480 e. The normalized spacial score (nSPS) is 15.5. The van der Waals surface area contributed by atoms with Crippen molar-refractivity contribution in [2.24, 2.45) is 5.73 Å². The number of carboxylic acid groups (broad SMARTS) is 1. The first-order chi connectivity index (χ1) is 6.54. The smallest absolute Gasteiger partial charge is 0.320 e. The van der Waals surface area contributed by atoms with Crippen LogP contribution in [0.3, 0.4) is 0 Å². The van der Waals surface area contributed by atoms with E-state index in [1.165, 1.54) is 0 Å². The maximum atomic E-state index is 10.9. The van der Waals surface area contributed by atoms with Gasteiger partial charge in [-0.15, -0.1) is 0 Å². The molecule has 0 aromatic rings. The first-order valence-electron chi connectivity index (χ1n) is 4.68. The number of carboxylic acids is 1. The Balaban J connectivity index is 4.26. The van der Waals surface area contributed by atoms with Gasteiger partial charge in [-0.1, -0.05) is 0 Å². The summed E-state index contributed by atoms with van der Waals surface area (Å²) in [5.74, 6) is -0.832. The van der Waals surface area contributed by atoms with Gasteiger partial charge in [-0.25, -0.2) is 0 Å². The fraction of sp³-hybridized carbons (Fsp3) is 0.889. The van der Waals surface area contributed by atoms with Gasteiger partial charge in [-0.05, 0) is 26.9 Å². The van der Waals surface area contributed by atoms with Crippen molar-refractivity contribution in [1.82, 2.24) is 4.90 Å². The minimum atomic E-state index is -0.832. The zero-order valence-electron chi connectivity index (χ0n) is 9.06. The van der Waals surface area contributed by atoms with Crippen molar-refractivity contribution < 1.29 is 14.6 Å². The lowest BCUT2D eigenvalue weighted by atomic mass is 10.1. The van der Waals surface area contributed by atoms with Crippen LogP contribution < -0.4 is 5.73 Å². The molecule has 0 aliphatic heterocycles. The van der Waals surface area contributed by atoms with Gasteiger partial charge in [0.2, 0.25) is 0 Å². The summed E-state index contributed by atoms with van der Waals surface area (Å²) < 4.78 is 4.97. The molecule has 0 saturated carbocycles. The second kappa shape index (κ2) is 6.75. The maximum Gasteiger partial charge on any atom is 0.320 e. The van der Waals surface area contributed by atoms with E-state index < -0.39 is 12.0 Å². The summed E-state index contributed by atoms with van der Waals surface area (Å²) in [7, 11) is 3.38. The number of ether oxygens (including phenoxy) is 1. The predicted octanol–water partition coefficient (Wildman–Crippen LogP) is -0.245. The summed E-state index contributed by atoms with van der Waals surface area (Å²) in [6.45, 7) is 2.82. The number of rotatable bonds is 7. The summed E-state index contributed by atoms with van der Waals surface area (Å²) in [5, 5.41) is 8.95. The third-order valence-electron chi connectivity index (χ3n) is 2.32. The Morgan fingerprint density at radius 2 is 2.21 bits per heavy atom. The topological polar surface area (TPSA) is 75.8 Å². The molecule has 0 spiro atoms. The molecule has 2 atom stereocenters. The van der Waals surface area contributed by atoms with Crippen molar-refractivity contribution in [1.29, 1.82) is 0 Å². The van der Waals surface area contributed by atoms with E-state index in [0.29, 0.717) is 19.6 Å². The van der Waals surface area contributed by atoms with Gasteiger partial charge < -0.3 is 15.6 Å². The fourth-order valence-corrected chi connectivity index (χ4v) is 1.33. The number of likely N-dealkylation sites (N-methyl/N-ethyl adjacent to an activating group) is 1. The number of hydrogen-bond acceptors (Lipinski definition) is 4. The fourth-order valence-electron chi connectivity index (χ4n) is 1.33. The molecule has 3 N–H and O–H groups in total. The van der Waals surface area contributed by atoms with Crippen LogP contribution in [-0.4, -0.2) is 55.4 Å². The zero-order chi connectivity index (χ0) is 11.1. The van der Waals surface area contributed by atoms with Crippen LogP contribution in [0.2, 0.25) is 0 Å². The lowest BCUT2D eigenvalue weighted by molar-refractivity contribution is -0.144. The highest BCUT2D eigenvalue weighted by Crippen LogP contribution is 2.06. The molecule has 84 valence electrons. The van der Waals surface area contributed by atoms with Crippen LogP contribution in [0.1, 0.15) is 13.3 Å². The number of aliphatic carboxylic acids is 1. The highest BCUT2D eigenvalue weighted by atomic mass is 16.5. The Kier molecular flexibility index (Phi) is 6.44. The maximum absolute atomic E-state index is 10.9. The second-order valence-electron chi connectivity index (χ2n) is 3.40. The lowest BCUT2D eigenvalue weighted by Gasteiger charge is -2.29. The molecular formula is C9H20N2O3. The average Bonchev–Trinajstić information content (AvgIpc) is 2.13. The Labute approximate surface area is 84.8 Å². The molecule has 0 aromatic heterocycles. The Bertz CT molecular complexity index is 175. The minimum absolute atomic E-state index is 0.0765. The van der Waals surface area contributed by atoms with Crippen molar-refractivity contribution >= 4 is 5.97 Å². The highest BCUT2D eigenvalue weighted by molar-refractivity contribution is 5.73. The molecule has 0 aliphatic rings. The van der Waals surface area contributed by atoms with Gasteiger partial charge in [-0.2, -0.15) is 0 Å². The van der Waals surface area contributed by atoms with E-state index in [9.17, 15) is 4.79 Å². The molecule has 0 rings (SSSR count). The third-order valence-corrected chi connectivity index (χ3v) is 2.32. The highest BCUT2D eigenvalue weighted by Gasteiger charge is 2.25. The average molecular weight is 204 g/mol. The summed E-state index contributed by atoms with van der Waals surface area (Å²) in [6, 6.07) is -0.446. The van der Waals surface area contributed by atoms with Crippen LogP contribution >= 0.6 is 0 Å². The van der Waals surface area contributed by atoms with Gasteiger partial charge >= 0.3 is 5.97 Å². The SMILES string of the molecule is COCC(C)N(C)C(CCN)C(=O)O. The molecule has 0 aliphatic carbocycles. The van der Waals surface area contributed by atoms with Gasteiger partial charge in [0.1, 0.15) is 6.04 Å². The molecular weight excluding hydrogens is 184 g/mol. The Morgan fingerprint density at radius 3 is 2.57 bits per heavy atom. The van der Waals surface area contributed by atoms with Gasteiger partial charge in [0.15, 0.2) is 0 Å². The van der Waals surface area contributed by atoms with Crippen LogP contribution in [0.5, 0.6) is 0 Å². The largest absolute Gasteiger partial charge is 0.480 e. The number of hydrogen-bond donors (Lipinski definition) is 2. The van der Waals surface area contributed by atoms with E-state index in [0.717, 1.165) is 0 Å². The van der Waals surface area contributed by atoms with E-state index in [1.54, 1.807) is 19.1 Å². The summed E-state index contributed by atoms with van der Waals surface area (Å²) in [4.78, 5) is 12.7. The number of methoxy groups -OCH3 is 1. The van der Waals surface area contributed by atoms with E-state index in [-0.39, 0.29) is 6.04 Å². The van der Waals surface area contributed by atoms with E-state index >= 15 is 0 Å². The number of nitrogens with two attached hydrogens (primary N) is 1. The standard InChI is InChI=1S/C9H20N2O3/c1-7(6-14-3)11(2)8(4-5-10)9(12)13/h7-8H,4-6,10H2,1-3H3,(H,12,13). The molecule has 2 unspecified atom stereocenters. The summed E-state index contributed by atoms with van der Waals surface area (Å²) >= 11 is 0. The first-order valence-corrected chi connectivity index (χ1v) is 4.68. The molecule has 5 nitrogen and oxygen atoms in total. The lowest BCUT2D eigenvalue weighted by Crippen LogP contribution is -2.46. The van der Waals surface area contributed by atoms with Crippen molar-refractivity contribution in [2.75, 3.05) is 27.3 Å². The quantitative estimate of drug-likeness (QED) is 0.598. The van der Waals surface area contributed by atoms with Crippen LogP contribution in [0.4, 0.5) is 0 Å². The first kappa shape index (κ1) is 13.4. The molecule has 0 amide bonds. The molecule has 0 aromatic carbocycles. The van der Waals surface area contributed by atoms with Gasteiger partial charge in [0.05, 0.1) is 6.61 Å². The van der Waals surface area contributed by atoms with Crippen molar-refractivity contribution in [3.05, 3.63) is 0 Å². The Morgan fingerprint density at radius 1 is 1.64 bits per heavy atom. The van der Waals surface area contributed by atoms with Gasteiger partial charge in [0.25, 0.3) is 0 Å². The zero-order valence-corrected chi connectivity index (χ0v) is 9.06. The molecule has 5 heteroatoms. The number of carbonyl (C=O) groups is 1. The molecule has 0 radical (unpaired) electrons. The summed E-state index contributed by atoms with van der Waals surface area (Å²) in [5.41, 5.74) is 5.36. The molecule has 0 saturated heterocycles. The third kappa shape index (κ3) is 4.04. The van der Waals surface area contributed by atoms with Gasteiger partial charge in [-0.3, -0.25) is 9.69 Å². The van der Waals surface area contributed by atoms with Gasteiger partial charge in [0, 0.05) is 13.2 Å². The molecule has 14 heavy (non-hydrogen) atoms. The van der Waals surface area contributed by atoms with Crippen molar-refractivity contribution in [2.45, 2.75) is 25.4 Å². The van der Waals surface area contributed by atoms with Crippen LogP contribution in [-0.2, 0) is 9.53 Å². The molecule has 0 heterocycles. The molecule has 0 bridgehead atoms. The van der Waals surface area contributed by atoms with Crippen LogP contribution in [0.15, 0.2) is 0 Å². The van der Waals surface area contributed by atoms with Crippen LogP contribution in [0, 0.1) is 0 Å². The molecule has 0 fully saturated rings. The number of nitrogens with zero attached hydrogens (tertiary/aromatic N) is 1. The monoisotopic (exact) mass is 204 g/mol. The van der Waals surface area contributed by atoms with Crippen LogP contribution in [0.25, 0.3) is 0 Å². The second-order valence-corrected chi connectivity index (χ2v) is 3.40. The Hall–Kier alpha value is -0.650. The van der Waals surface area contributed by atoms with E-state index in [2.05, 4.69) is 0 Å². The van der Waals surface area contributed by atoms with Crippen molar-refractivity contribution in [3.63, 3.8) is 0 Å². The van der Waals surface area contributed by atoms with Crippen molar-refractivity contribution in [3.8, 4) is 0 Å². The van der Waals surface area contributed by atoms with E-state index in [4.69, 9.17) is 15.6 Å². The van der Waals surface area contributed by atoms with E-state index in [1.807, 2.05) is 6.92 Å². The predicted molar refractivity (Wildman–Crippen MR) is 54.2 cm³/mol. The summed E-state index contributed by atoms with van der Waals surface area (Å²) in [6.07, 6.45) is 0.458.